The number of para-hydroxylation sites is 1. The Labute approximate surface area is 218 Å². The predicted molar refractivity (Wildman–Crippen MR) is 146 cm³/mol. The lowest BCUT2D eigenvalue weighted by Crippen LogP contribution is -2.31. The van der Waals surface area contributed by atoms with Gasteiger partial charge in [0, 0.05) is 35.7 Å². The van der Waals surface area contributed by atoms with Gasteiger partial charge in [-0.1, -0.05) is 23.7 Å². The number of fused-ring (bicyclic) bond motifs is 2. The number of nitrogens with zero attached hydrogens (tertiary/aromatic N) is 3. The molecule has 36 heavy (non-hydrogen) atoms. The van der Waals surface area contributed by atoms with E-state index in [1.54, 1.807) is 11.3 Å². The van der Waals surface area contributed by atoms with Gasteiger partial charge in [0.2, 0.25) is 0 Å². The topological polar surface area (TPSA) is 83.1 Å². The molecule has 3 aromatic carbocycles. The molecule has 0 saturated carbocycles. The number of rotatable bonds is 9. The number of H-pyrrole nitrogens is 1. The smallest absolute Gasteiger partial charge is 0.257 e. The van der Waals surface area contributed by atoms with Gasteiger partial charge in [-0.25, -0.2) is 9.97 Å². The van der Waals surface area contributed by atoms with E-state index in [0.717, 1.165) is 43.2 Å². The fraction of sp³-hybridized carbons (Fsp3) is 0.222. The van der Waals surface area contributed by atoms with E-state index < -0.39 is 0 Å². The van der Waals surface area contributed by atoms with Crippen LogP contribution in [0.5, 0.6) is 5.75 Å². The Balaban J connectivity index is 1.21. The second kappa shape index (κ2) is 10.7. The first-order chi connectivity index (χ1) is 17.4. The van der Waals surface area contributed by atoms with Gasteiger partial charge in [0.25, 0.3) is 5.91 Å². The van der Waals surface area contributed by atoms with Crippen molar-refractivity contribution in [2.75, 3.05) is 27.2 Å². The van der Waals surface area contributed by atoms with Crippen molar-refractivity contribution in [2.24, 2.45) is 0 Å². The highest BCUT2D eigenvalue weighted by Gasteiger charge is 2.13. The molecular formula is C27H26ClN5O2S. The van der Waals surface area contributed by atoms with E-state index in [1.165, 1.54) is 0 Å². The number of carbonyl (C=O) groups is 1. The Morgan fingerprint density at radius 1 is 1.08 bits per heavy atom. The Morgan fingerprint density at radius 3 is 2.78 bits per heavy atom. The van der Waals surface area contributed by atoms with Gasteiger partial charge in [-0.2, -0.15) is 0 Å². The highest BCUT2D eigenvalue weighted by atomic mass is 35.5. The summed E-state index contributed by atoms with van der Waals surface area (Å²) in [7, 11) is 4.01. The lowest BCUT2D eigenvalue weighted by Gasteiger charge is -2.16. The molecule has 2 N–H and O–H groups in total. The Hall–Kier alpha value is -3.46. The van der Waals surface area contributed by atoms with E-state index in [4.69, 9.17) is 21.3 Å². The summed E-state index contributed by atoms with van der Waals surface area (Å²) < 4.78 is 7.08. The Kier molecular flexibility index (Phi) is 7.18. The third-order valence-electron chi connectivity index (χ3n) is 5.62. The van der Waals surface area contributed by atoms with Gasteiger partial charge >= 0.3 is 0 Å². The molecule has 0 aliphatic rings. The summed E-state index contributed by atoms with van der Waals surface area (Å²) in [6.45, 7) is 1.08. The minimum atomic E-state index is -0.180. The molecule has 5 aromatic rings. The molecule has 5 rings (SSSR count). The van der Waals surface area contributed by atoms with Gasteiger partial charge in [-0.15, -0.1) is 11.3 Å². The van der Waals surface area contributed by atoms with E-state index in [1.807, 2.05) is 62.6 Å². The fourth-order valence-corrected chi connectivity index (χ4v) is 5.12. The van der Waals surface area contributed by atoms with Gasteiger partial charge in [-0.3, -0.25) is 4.79 Å². The van der Waals surface area contributed by atoms with Crippen molar-refractivity contribution in [3.05, 3.63) is 77.1 Å². The highest BCUT2D eigenvalue weighted by Crippen LogP contribution is 2.33. The maximum absolute atomic E-state index is 12.4. The van der Waals surface area contributed by atoms with Crippen LogP contribution in [0.25, 0.3) is 31.8 Å². The molecule has 0 atom stereocenters. The molecule has 184 valence electrons. The molecule has 9 heteroatoms. The zero-order chi connectivity index (χ0) is 25.1. The standard InChI is InChI=1S/C27H26ClN5O2S/c1-33(2)15-18-13-17(27-32-21-5-3-4-6-24(21)36-27)7-10-23(18)35-16-26(34)29-12-11-25-30-20-9-8-19(28)14-22(20)31-25/h3-10,13-14H,11-12,15-16H2,1-2H3,(H,29,34)(H,30,31). The number of nitrogens with one attached hydrogen (secondary N) is 2. The summed E-state index contributed by atoms with van der Waals surface area (Å²) in [5.41, 5.74) is 4.78. The van der Waals surface area contributed by atoms with Crippen LogP contribution < -0.4 is 10.1 Å². The average Bonchev–Trinajstić information content (AvgIpc) is 3.46. The average molecular weight is 520 g/mol. The minimum absolute atomic E-state index is 0.0589. The Bertz CT molecular complexity index is 1490. The number of aromatic nitrogens is 3. The van der Waals surface area contributed by atoms with Gasteiger partial charge in [0.05, 0.1) is 21.3 Å². The van der Waals surface area contributed by atoms with E-state index in [9.17, 15) is 4.79 Å². The number of hydrogen-bond donors (Lipinski definition) is 2. The maximum atomic E-state index is 12.4. The van der Waals surface area contributed by atoms with Crippen LogP contribution in [-0.2, 0) is 17.8 Å². The number of thiazole rings is 1. The van der Waals surface area contributed by atoms with Crippen molar-refractivity contribution in [3.8, 4) is 16.3 Å². The zero-order valence-electron chi connectivity index (χ0n) is 20.0. The van der Waals surface area contributed by atoms with Crippen LogP contribution >= 0.6 is 22.9 Å². The molecule has 1 amide bonds. The van der Waals surface area contributed by atoms with Crippen molar-refractivity contribution >= 4 is 50.1 Å². The van der Waals surface area contributed by atoms with E-state index >= 15 is 0 Å². The predicted octanol–water partition coefficient (Wildman–Crippen LogP) is 5.29. The van der Waals surface area contributed by atoms with Crippen molar-refractivity contribution in [3.63, 3.8) is 0 Å². The molecule has 0 unspecified atom stereocenters. The van der Waals surface area contributed by atoms with Crippen LogP contribution in [0.4, 0.5) is 0 Å². The lowest BCUT2D eigenvalue weighted by atomic mass is 10.1. The molecule has 7 nitrogen and oxygen atoms in total. The number of benzene rings is 3. The molecule has 2 heterocycles. The van der Waals surface area contributed by atoms with Gasteiger partial charge in [-0.05, 0) is 62.6 Å². The number of halogens is 1. The van der Waals surface area contributed by atoms with Crippen LogP contribution in [-0.4, -0.2) is 53.0 Å². The summed E-state index contributed by atoms with van der Waals surface area (Å²) in [4.78, 5) is 27.0. The molecule has 0 radical (unpaired) electrons. The number of imidazole rings is 1. The first-order valence-corrected chi connectivity index (χ1v) is 12.8. The number of ether oxygens (including phenoxy) is 1. The SMILES string of the molecule is CN(C)Cc1cc(-c2nc3ccccc3s2)ccc1OCC(=O)NCCc1nc2ccc(Cl)cc2[nH]1. The fourth-order valence-electron chi connectivity index (χ4n) is 3.98. The third kappa shape index (κ3) is 5.67. The summed E-state index contributed by atoms with van der Waals surface area (Å²) in [6, 6.07) is 19.7. The van der Waals surface area contributed by atoms with Gasteiger partial charge < -0.3 is 19.9 Å². The summed E-state index contributed by atoms with van der Waals surface area (Å²) in [6.07, 6.45) is 0.584. The van der Waals surface area contributed by atoms with Crippen molar-refractivity contribution < 1.29 is 9.53 Å². The second-order valence-corrected chi connectivity index (χ2v) is 10.2. The molecule has 2 aromatic heterocycles. The monoisotopic (exact) mass is 519 g/mol. The largest absolute Gasteiger partial charge is 0.483 e. The van der Waals surface area contributed by atoms with Crippen molar-refractivity contribution in [1.29, 1.82) is 0 Å². The summed E-state index contributed by atoms with van der Waals surface area (Å²) in [5, 5.41) is 4.52. The van der Waals surface area contributed by atoms with Gasteiger partial charge in [0.15, 0.2) is 6.61 Å². The maximum Gasteiger partial charge on any atom is 0.257 e. The molecule has 0 aliphatic carbocycles. The zero-order valence-corrected chi connectivity index (χ0v) is 21.6. The van der Waals surface area contributed by atoms with E-state index in [-0.39, 0.29) is 12.5 Å². The molecule has 0 fully saturated rings. The van der Waals surface area contributed by atoms with Crippen LogP contribution in [0.15, 0.2) is 60.7 Å². The molecule has 0 bridgehead atoms. The molecular weight excluding hydrogens is 494 g/mol. The summed E-state index contributed by atoms with van der Waals surface area (Å²) >= 11 is 7.70. The van der Waals surface area contributed by atoms with Crippen molar-refractivity contribution in [1.82, 2.24) is 25.2 Å². The molecule has 0 aliphatic heterocycles. The van der Waals surface area contributed by atoms with Crippen molar-refractivity contribution in [2.45, 2.75) is 13.0 Å². The first kappa shape index (κ1) is 24.2. The highest BCUT2D eigenvalue weighted by molar-refractivity contribution is 7.21. The quantitative estimate of drug-likeness (QED) is 0.276. The van der Waals surface area contributed by atoms with Crippen LogP contribution in [0.1, 0.15) is 11.4 Å². The third-order valence-corrected chi connectivity index (χ3v) is 6.94. The minimum Gasteiger partial charge on any atom is -0.483 e. The number of aromatic amines is 1. The number of carbonyl (C=O) groups excluding carboxylic acids is 1. The molecule has 0 saturated heterocycles. The van der Waals surface area contributed by atoms with E-state index in [0.29, 0.717) is 30.3 Å². The van der Waals surface area contributed by atoms with Gasteiger partial charge in [0.1, 0.15) is 16.6 Å². The van der Waals surface area contributed by atoms with E-state index in [2.05, 4.69) is 32.3 Å². The number of hydrogen-bond acceptors (Lipinski definition) is 6. The lowest BCUT2D eigenvalue weighted by molar-refractivity contribution is -0.123. The number of amides is 1. The first-order valence-electron chi connectivity index (χ1n) is 11.6. The van der Waals surface area contributed by atoms with Crippen LogP contribution in [0.2, 0.25) is 5.02 Å². The summed E-state index contributed by atoms with van der Waals surface area (Å²) in [5.74, 6) is 1.31. The second-order valence-electron chi connectivity index (χ2n) is 8.78. The Morgan fingerprint density at radius 2 is 1.94 bits per heavy atom. The molecule has 0 spiro atoms. The normalized spacial score (nSPS) is 11.4. The van der Waals surface area contributed by atoms with Crippen LogP contribution in [0, 0.1) is 0 Å². The van der Waals surface area contributed by atoms with Crippen LogP contribution in [0.3, 0.4) is 0 Å².